The highest BCUT2D eigenvalue weighted by Gasteiger charge is 2.40. The van der Waals surface area contributed by atoms with Crippen LogP contribution in [0.25, 0.3) is 6.08 Å². The van der Waals surface area contributed by atoms with Crippen molar-refractivity contribution >= 4 is 76.0 Å². The summed E-state index contributed by atoms with van der Waals surface area (Å²) in [6.07, 6.45) is 1.53. The zero-order valence-corrected chi connectivity index (χ0v) is 25.6. The van der Waals surface area contributed by atoms with Crippen LogP contribution in [0.15, 0.2) is 108 Å². The number of imide groups is 1. The Balaban J connectivity index is 1.28. The number of nitrogens with one attached hydrogen (secondary N) is 2. The van der Waals surface area contributed by atoms with Crippen molar-refractivity contribution in [1.29, 1.82) is 0 Å². The second-order valence-corrected chi connectivity index (χ2v) is 11.7. The number of hydrogen-bond donors (Lipinski definition) is 2. The van der Waals surface area contributed by atoms with Gasteiger partial charge < -0.3 is 15.4 Å². The lowest BCUT2D eigenvalue weighted by atomic mass is 10.1. The van der Waals surface area contributed by atoms with E-state index >= 15 is 0 Å². The number of methoxy groups -OCH3 is 1. The van der Waals surface area contributed by atoms with Crippen LogP contribution < -0.4 is 20.3 Å². The van der Waals surface area contributed by atoms with Crippen LogP contribution >= 0.6 is 35.0 Å². The summed E-state index contributed by atoms with van der Waals surface area (Å²) in [5.41, 5.74) is 1.77. The molecule has 0 spiro atoms. The van der Waals surface area contributed by atoms with Crippen molar-refractivity contribution in [3.63, 3.8) is 0 Å². The minimum Gasteiger partial charge on any atom is -0.497 e. The van der Waals surface area contributed by atoms with Crippen LogP contribution in [0, 0.1) is 0 Å². The molecule has 0 aromatic heterocycles. The van der Waals surface area contributed by atoms with Crippen LogP contribution in [-0.2, 0) is 14.4 Å². The number of thioether (sulfide) groups is 1. The van der Waals surface area contributed by atoms with Gasteiger partial charge in [-0.15, -0.1) is 11.8 Å². The van der Waals surface area contributed by atoms with Gasteiger partial charge in [-0.05, 0) is 84.4 Å². The van der Waals surface area contributed by atoms with Gasteiger partial charge in [0.25, 0.3) is 11.8 Å². The molecule has 4 aromatic rings. The van der Waals surface area contributed by atoms with Gasteiger partial charge in [0.2, 0.25) is 11.8 Å². The highest BCUT2D eigenvalue weighted by atomic mass is 35.5. The molecule has 0 aliphatic carbocycles. The molecule has 1 aliphatic rings. The Morgan fingerprint density at radius 3 is 2.30 bits per heavy atom. The summed E-state index contributed by atoms with van der Waals surface area (Å²) in [6, 6.07) is 26.9. The number of amides is 4. The van der Waals surface area contributed by atoms with Gasteiger partial charge in [0.1, 0.15) is 11.4 Å². The number of carbonyl (C=O) groups is 4. The monoisotopic (exact) mass is 645 g/mol. The first-order chi connectivity index (χ1) is 21.2. The molecule has 1 atom stereocenters. The molecule has 1 fully saturated rings. The number of halogens is 2. The maximum Gasteiger partial charge on any atom is 0.272 e. The number of rotatable bonds is 9. The quantitative estimate of drug-likeness (QED) is 0.153. The molecule has 2 N–H and O–H groups in total. The summed E-state index contributed by atoms with van der Waals surface area (Å²) in [5.74, 6) is -0.997. The topological polar surface area (TPSA) is 105 Å². The average Bonchev–Trinajstić information content (AvgIpc) is 3.31. The first-order valence-corrected chi connectivity index (χ1v) is 15.0. The fraction of sp³-hybridized carbons (Fsp3) is 0.0909. The number of benzene rings is 4. The Kier molecular flexibility index (Phi) is 9.69. The second-order valence-electron chi connectivity index (χ2n) is 9.60. The Bertz CT molecular complexity index is 1750. The molecule has 5 rings (SSSR count). The zero-order valence-electron chi connectivity index (χ0n) is 23.3. The molecule has 8 nitrogen and oxygen atoms in total. The van der Waals surface area contributed by atoms with Gasteiger partial charge in [-0.1, -0.05) is 47.5 Å². The molecular weight excluding hydrogens is 621 g/mol. The maximum absolute atomic E-state index is 13.4. The first-order valence-electron chi connectivity index (χ1n) is 13.3. The number of ether oxygens (including phenoxy) is 1. The van der Waals surface area contributed by atoms with Crippen molar-refractivity contribution in [3.8, 4) is 5.75 Å². The molecule has 0 bridgehead atoms. The van der Waals surface area contributed by atoms with Crippen molar-refractivity contribution in [3.05, 3.63) is 124 Å². The van der Waals surface area contributed by atoms with Crippen molar-refractivity contribution in [2.24, 2.45) is 0 Å². The lowest BCUT2D eigenvalue weighted by Gasteiger charge is -2.15. The maximum atomic E-state index is 13.4. The SMILES string of the molecule is COc1ccc(N2C(=O)CC(Sc3ccc(NC(=O)/C(=C/c4ccc(Cl)cc4Cl)NC(=O)c4ccccc4)cc3)C2=O)cc1. The van der Waals surface area contributed by atoms with Crippen molar-refractivity contribution < 1.29 is 23.9 Å². The van der Waals surface area contributed by atoms with Crippen molar-refractivity contribution in [1.82, 2.24) is 5.32 Å². The molecule has 1 saturated heterocycles. The molecule has 4 amide bonds. The standard InChI is InChI=1S/C33H25Cl2N3O5S/c1-43-25-13-11-24(12-14-25)38-30(39)19-29(33(38)42)44-26-15-9-23(10-16-26)36-32(41)28(17-21-7-8-22(34)18-27(21)35)37-31(40)20-5-3-2-4-6-20/h2-18,29H,19H2,1H3,(H,36,41)(H,37,40)/b28-17-. The van der Waals surface area contributed by atoms with Crippen LogP contribution in [0.5, 0.6) is 5.75 Å². The summed E-state index contributed by atoms with van der Waals surface area (Å²) >= 11 is 13.6. The summed E-state index contributed by atoms with van der Waals surface area (Å²) < 4.78 is 5.15. The minimum atomic E-state index is -0.586. The predicted octanol–water partition coefficient (Wildman–Crippen LogP) is 6.84. The Morgan fingerprint density at radius 1 is 0.932 bits per heavy atom. The largest absolute Gasteiger partial charge is 0.497 e. The third-order valence-electron chi connectivity index (χ3n) is 6.62. The Hall–Kier alpha value is -4.57. The van der Waals surface area contributed by atoms with E-state index in [1.165, 1.54) is 22.7 Å². The summed E-state index contributed by atoms with van der Waals surface area (Å²) in [4.78, 5) is 53.9. The minimum absolute atomic E-state index is 0.0322. The smallest absolute Gasteiger partial charge is 0.272 e. The van der Waals surface area contributed by atoms with E-state index in [9.17, 15) is 19.2 Å². The summed E-state index contributed by atoms with van der Waals surface area (Å²) in [7, 11) is 1.54. The van der Waals surface area contributed by atoms with Gasteiger partial charge in [0, 0.05) is 32.6 Å². The second kappa shape index (κ2) is 13.8. The van der Waals surface area contributed by atoms with Gasteiger partial charge >= 0.3 is 0 Å². The molecule has 222 valence electrons. The van der Waals surface area contributed by atoms with Gasteiger partial charge in [-0.25, -0.2) is 4.90 Å². The van der Waals surface area contributed by atoms with Gasteiger partial charge in [0.15, 0.2) is 0 Å². The van der Waals surface area contributed by atoms with Gasteiger partial charge in [0.05, 0.1) is 18.0 Å². The Morgan fingerprint density at radius 2 is 1.64 bits per heavy atom. The first kappa shape index (κ1) is 30.9. The lowest BCUT2D eigenvalue weighted by molar-refractivity contribution is -0.121. The average molecular weight is 647 g/mol. The molecule has 0 radical (unpaired) electrons. The molecule has 4 aromatic carbocycles. The molecule has 1 heterocycles. The van der Waals surface area contributed by atoms with Crippen LogP contribution in [0.4, 0.5) is 11.4 Å². The fourth-order valence-corrected chi connectivity index (χ4v) is 5.91. The Labute approximate surface area is 268 Å². The summed E-state index contributed by atoms with van der Waals surface area (Å²) in [6.45, 7) is 0. The number of anilines is 2. The highest BCUT2D eigenvalue weighted by Crippen LogP contribution is 2.35. The summed E-state index contributed by atoms with van der Waals surface area (Å²) in [5, 5.41) is 5.61. The number of hydrogen-bond acceptors (Lipinski definition) is 6. The molecule has 1 aliphatic heterocycles. The molecular formula is C33H25Cl2N3O5S. The van der Waals surface area contributed by atoms with E-state index in [4.69, 9.17) is 27.9 Å². The van der Waals surface area contributed by atoms with Crippen LogP contribution in [0.1, 0.15) is 22.3 Å². The van der Waals surface area contributed by atoms with Crippen LogP contribution in [-0.4, -0.2) is 36.0 Å². The van der Waals surface area contributed by atoms with E-state index in [1.54, 1.807) is 104 Å². The van der Waals surface area contributed by atoms with E-state index in [0.717, 1.165) is 4.90 Å². The van der Waals surface area contributed by atoms with Gasteiger partial charge in [-0.2, -0.15) is 0 Å². The van der Waals surface area contributed by atoms with Crippen LogP contribution in [0.2, 0.25) is 10.0 Å². The predicted molar refractivity (Wildman–Crippen MR) is 173 cm³/mol. The van der Waals surface area contributed by atoms with Gasteiger partial charge in [-0.3, -0.25) is 19.2 Å². The van der Waals surface area contributed by atoms with E-state index in [-0.39, 0.29) is 23.9 Å². The zero-order chi connectivity index (χ0) is 31.2. The molecule has 11 heteroatoms. The third kappa shape index (κ3) is 7.31. The van der Waals surface area contributed by atoms with Crippen LogP contribution in [0.3, 0.4) is 0 Å². The van der Waals surface area contributed by atoms with E-state index < -0.39 is 17.1 Å². The molecule has 0 saturated carbocycles. The fourth-order valence-electron chi connectivity index (χ4n) is 4.39. The van der Waals surface area contributed by atoms with Crippen molar-refractivity contribution in [2.75, 3.05) is 17.3 Å². The van der Waals surface area contributed by atoms with Crippen molar-refractivity contribution in [2.45, 2.75) is 16.6 Å². The third-order valence-corrected chi connectivity index (χ3v) is 8.38. The number of nitrogens with zero attached hydrogens (tertiary/aromatic N) is 1. The lowest BCUT2D eigenvalue weighted by Crippen LogP contribution is -2.31. The molecule has 44 heavy (non-hydrogen) atoms. The van der Waals surface area contributed by atoms with E-state index in [0.29, 0.717) is 38.3 Å². The normalized spacial score (nSPS) is 14.8. The van der Waals surface area contributed by atoms with E-state index in [1.807, 2.05) is 0 Å². The molecule has 1 unspecified atom stereocenters. The highest BCUT2D eigenvalue weighted by molar-refractivity contribution is 8.00. The van der Waals surface area contributed by atoms with E-state index in [2.05, 4.69) is 10.6 Å². The number of carbonyl (C=O) groups excluding carboxylic acids is 4.